The van der Waals surface area contributed by atoms with E-state index in [4.69, 9.17) is 9.05 Å². The van der Waals surface area contributed by atoms with Gasteiger partial charge in [-0.2, -0.15) is 0 Å². The number of hydrogen-bond donors (Lipinski definition) is 3. The Hall–Kier alpha value is -1.02. The number of nitrogens with zero attached hydrogens (tertiary/aromatic N) is 1. The molecule has 0 aromatic carbocycles. The maximum Gasteiger partial charge on any atom is 0.472 e. The quantitative estimate of drug-likeness (QED) is 0.0243. The molecule has 3 N–H and O–H groups in total. The molecule has 0 fully saturated rings. The molecule has 0 saturated carbocycles. The fourth-order valence-corrected chi connectivity index (χ4v) is 9.92. The Labute approximate surface area is 430 Å². The zero-order valence-corrected chi connectivity index (χ0v) is 47.7. The topological polar surface area (TPSA) is 105 Å². The van der Waals surface area contributed by atoms with Crippen LogP contribution in [0, 0.1) is 0 Å². The molecule has 9 heteroatoms. The highest BCUT2D eigenvalue weighted by atomic mass is 31.2. The minimum atomic E-state index is -4.32. The van der Waals surface area contributed by atoms with E-state index >= 15 is 0 Å². The largest absolute Gasteiger partial charge is 0.472 e. The van der Waals surface area contributed by atoms with Gasteiger partial charge >= 0.3 is 7.82 Å². The lowest BCUT2D eigenvalue weighted by Gasteiger charge is -2.26. The monoisotopic (exact) mass is 996 g/mol. The van der Waals surface area contributed by atoms with Crippen LogP contribution in [0.3, 0.4) is 0 Å². The number of hydrogen-bond acceptors (Lipinski definition) is 5. The van der Waals surface area contributed by atoms with Crippen molar-refractivity contribution in [2.45, 2.75) is 315 Å². The third kappa shape index (κ3) is 54.6. The molecule has 0 bridgehead atoms. The van der Waals surface area contributed by atoms with Crippen molar-refractivity contribution in [3.8, 4) is 0 Å². The molecule has 0 rings (SSSR count). The summed E-state index contributed by atoms with van der Waals surface area (Å²) >= 11 is 0. The molecule has 0 aliphatic heterocycles. The summed E-state index contributed by atoms with van der Waals surface area (Å²) in [5.74, 6) is -0.155. The smallest absolute Gasteiger partial charge is 0.391 e. The first-order valence-electron chi connectivity index (χ1n) is 30.2. The van der Waals surface area contributed by atoms with E-state index in [9.17, 15) is 19.4 Å². The van der Waals surface area contributed by atoms with Crippen molar-refractivity contribution in [3.05, 3.63) is 24.3 Å². The van der Waals surface area contributed by atoms with Crippen LogP contribution in [-0.4, -0.2) is 73.4 Å². The van der Waals surface area contributed by atoms with Crippen LogP contribution in [0.1, 0.15) is 303 Å². The van der Waals surface area contributed by atoms with E-state index in [0.717, 1.165) is 64.2 Å². The van der Waals surface area contributed by atoms with E-state index in [1.807, 2.05) is 21.1 Å². The van der Waals surface area contributed by atoms with Gasteiger partial charge in [-0.05, 0) is 38.5 Å². The lowest BCUT2D eigenvalue weighted by atomic mass is 10.0. The molecule has 0 aliphatic carbocycles. The average Bonchev–Trinajstić information content (AvgIpc) is 3.31. The molecular weight excluding hydrogens is 876 g/mol. The molecule has 0 aromatic heterocycles. The Bertz CT molecular complexity index is 1170. The Morgan fingerprint density at radius 3 is 1.23 bits per heavy atom. The second kappa shape index (κ2) is 51.9. The molecule has 0 aliphatic rings. The second-order valence-electron chi connectivity index (χ2n) is 22.1. The van der Waals surface area contributed by atoms with Crippen LogP contribution in [-0.2, 0) is 18.4 Å². The first kappa shape index (κ1) is 68.0. The highest BCUT2D eigenvalue weighted by Gasteiger charge is 2.28. The summed E-state index contributed by atoms with van der Waals surface area (Å²) in [4.78, 5) is 23.3. The van der Waals surface area contributed by atoms with Gasteiger partial charge in [-0.1, -0.05) is 282 Å². The predicted octanol–water partition coefficient (Wildman–Crippen LogP) is 18.4. The fraction of sp³-hybridized carbons (Fsp3) is 0.917. The van der Waals surface area contributed by atoms with Gasteiger partial charge < -0.3 is 19.8 Å². The average molecular weight is 997 g/mol. The molecule has 1 amide bonds. The Morgan fingerprint density at radius 2 is 0.841 bits per heavy atom. The van der Waals surface area contributed by atoms with E-state index in [-0.39, 0.29) is 19.1 Å². The number of phosphoric ester groups is 1. The van der Waals surface area contributed by atoms with Gasteiger partial charge in [0.2, 0.25) is 5.91 Å². The number of amides is 1. The molecule has 3 unspecified atom stereocenters. The number of likely N-dealkylation sites (N-methyl/N-ethyl adjacent to an activating group) is 1. The van der Waals surface area contributed by atoms with Gasteiger partial charge in [0.15, 0.2) is 0 Å². The number of carbonyl (C=O) groups excluding carboxylic acids is 1. The van der Waals surface area contributed by atoms with Crippen LogP contribution < -0.4 is 5.32 Å². The van der Waals surface area contributed by atoms with Crippen molar-refractivity contribution in [3.63, 3.8) is 0 Å². The van der Waals surface area contributed by atoms with Gasteiger partial charge in [-0.3, -0.25) is 13.8 Å². The summed E-state index contributed by atoms with van der Waals surface area (Å²) in [6, 6.07) is -0.767. The van der Waals surface area contributed by atoms with Gasteiger partial charge in [-0.15, -0.1) is 0 Å². The Morgan fingerprint density at radius 1 is 0.493 bits per heavy atom. The molecule has 3 atom stereocenters. The number of phosphoric acid groups is 1. The summed E-state index contributed by atoms with van der Waals surface area (Å²) < 4.78 is 23.8. The number of rotatable bonds is 56. The number of quaternary nitrogens is 1. The van der Waals surface area contributed by atoms with Gasteiger partial charge in [0.25, 0.3) is 0 Å². The lowest BCUT2D eigenvalue weighted by molar-refractivity contribution is -0.870. The maximum absolute atomic E-state index is 12.9. The summed E-state index contributed by atoms with van der Waals surface area (Å²) in [7, 11) is 1.61. The Balaban J connectivity index is 3.97. The third-order valence-electron chi connectivity index (χ3n) is 14.0. The minimum absolute atomic E-state index is 0.0727. The predicted molar refractivity (Wildman–Crippen MR) is 300 cm³/mol. The van der Waals surface area contributed by atoms with Crippen molar-refractivity contribution in [2.75, 3.05) is 40.9 Å². The number of unbranched alkanes of at least 4 members (excludes halogenated alkanes) is 39. The summed E-state index contributed by atoms with van der Waals surface area (Å²) in [6.45, 7) is 4.87. The standard InChI is InChI=1S/C60H119N2O6P/c1-6-8-10-12-14-16-18-20-22-23-24-25-26-27-28-29-30-31-32-33-34-35-36-37-38-39-40-41-43-45-47-49-51-53-59(63)58(57-68-69(65,66)67-56-55-62(3,4)5)61-60(64)54-52-50-48-46-44-42-21-19-17-15-13-11-9-7-2/h13,15,19,21,58-59,63H,6-12,14,16-18,20,22-57H2,1-5H3,(H-,61,64,65,66)/p+1/b15-13-,21-19-. The van der Waals surface area contributed by atoms with Gasteiger partial charge in [0.05, 0.1) is 39.9 Å². The zero-order valence-electron chi connectivity index (χ0n) is 46.8. The van der Waals surface area contributed by atoms with Gasteiger partial charge in [0, 0.05) is 6.42 Å². The first-order valence-corrected chi connectivity index (χ1v) is 31.7. The molecule has 0 spiro atoms. The molecule has 0 heterocycles. The molecule has 8 nitrogen and oxygen atoms in total. The lowest BCUT2D eigenvalue weighted by Crippen LogP contribution is -2.46. The molecule has 0 aromatic rings. The van der Waals surface area contributed by atoms with E-state index in [1.54, 1.807) is 0 Å². The van der Waals surface area contributed by atoms with Crippen LogP contribution >= 0.6 is 7.82 Å². The van der Waals surface area contributed by atoms with Crippen LogP contribution in [0.4, 0.5) is 0 Å². The number of carbonyl (C=O) groups is 1. The van der Waals surface area contributed by atoms with E-state index in [2.05, 4.69) is 43.5 Å². The van der Waals surface area contributed by atoms with Crippen molar-refractivity contribution in [1.82, 2.24) is 5.32 Å². The molecule has 0 radical (unpaired) electrons. The highest BCUT2D eigenvalue weighted by Crippen LogP contribution is 2.43. The van der Waals surface area contributed by atoms with E-state index in [1.165, 1.54) is 212 Å². The molecule has 69 heavy (non-hydrogen) atoms. The summed E-state index contributed by atoms with van der Waals surface area (Å²) in [5.41, 5.74) is 0. The van der Waals surface area contributed by atoms with Crippen molar-refractivity contribution in [2.24, 2.45) is 0 Å². The Kier molecular flexibility index (Phi) is 51.1. The van der Waals surface area contributed by atoms with Gasteiger partial charge in [-0.25, -0.2) is 4.57 Å². The highest BCUT2D eigenvalue weighted by molar-refractivity contribution is 7.47. The van der Waals surface area contributed by atoms with Gasteiger partial charge in [0.1, 0.15) is 13.2 Å². The minimum Gasteiger partial charge on any atom is -0.391 e. The van der Waals surface area contributed by atoms with Crippen LogP contribution in [0.5, 0.6) is 0 Å². The number of allylic oxidation sites excluding steroid dienone is 4. The number of nitrogens with one attached hydrogen (secondary N) is 1. The van der Waals surface area contributed by atoms with Crippen molar-refractivity contribution >= 4 is 13.7 Å². The molecular formula is C60H120N2O6P+. The molecule has 410 valence electrons. The number of aliphatic hydroxyl groups excluding tert-OH is 1. The zero-order chi connectivity index (χ0) is 50.6. The van der Waals surface area contributed by atoms with Crippen LogP contribution in [0.25, 0.3) is 0 Å². The fourth-order valence-electron chi connectivity index (χ4n) is 9.18. The van der Waals surface area contributed by atoms with E-state index in [0.29, 0.717) is 23.9 Å². The second-order valence-corrected chi connectivity index (χ2v) is 23.5. The SMILES string of the molecule is CCCC/C=C\C/C=C\CCCCCCCC(=O)NC(COP(=O)(O)OCC[N+](C)(C)C)C(O)CCCCCCCCCCCCCCCCCCCCCCCCCCCCCCCCCCC. The summed E-state index contributed by atoms with van der Waals surface area (Å²) in [6.07, 6.45) is 65.5. The first-order chi connectivity index (χ1) is 33.5. The van der Waals surface area contributed by atoms with Crippen molar-refractivity contribution < 1.29 is 32.9 Å². The molecule has 0 saturated heterocycles. The number of aliphatic hydroxyl groups is 1. The third-order valence-corrected chi connectivity index (χ3v) is 14.9. The van der Waals surface area contributed by atoms with Crippen LogP contribution in [0.15, 0.2) is 24.3 Å². The van der Waals surface area contributed by atoms with Crippen LogP contribution in [0.2, 0.25) is 0 Å². The summed E-state index contributed by atoms with van der Waals surface area (Å²) in [5, 5.41) is 14.1. The normalized spacial score (nSPS) is 14.0. The maximum atomic E-state index is 12.9. The van der Waals surface area contributed by atoms with E-state index < -0.39 is 20.0 Å². The van der Waals surface area contributed by atoms with Crippen molar-refractivity contribution in [1.29, 1.82) is 0 Å².